The van der Waals surface area contributed by atoms with Gasteiger partial charge >= 0.3 is 5.69 Å². The molecule has 0 aliphatic rings. The van der Waals surface area contributed by atoms with Gasteiger partial charge in [-0.3, -0.25) is 18.5 Å². The number of halogens is 1. The van der Waals surface area contributed by atoms with Crippen molar-refractivity contribution in [2.75, 3.05) is 0 Å². The van der Waals surface area contributed by atoms with Crippen molar-refractivity contribution in [2.45, 2.75) is 13.2 Å². The molecule has 144 valence electrons. The Labute approximate surface area is 158 Å². The topological polar surface area (TPSA) is 84.2 Å². The summed E-state index contributed by atoms with van der Waals surface area (Å²) in [4.78, 5) is 29.4. The van der Waals surface area contributed by atoms with E-state index in [4.69, 9.17) is 9.15 Å². The van der Waals surface area contributed by atoms with E-state index in [0.717, 1.165) is 10.1 Å². The fraction of sp³-hybridized carbons (Fsp3) is 0.211. The number of aromatic nitrogens is 4. The zero-order valence-corrected chi connectivity index (χ0v) is 15.3. The summed E-state index contributed by atoms with van der Waals surface area (Å²) in [5.74, 6) is 0.231. The number of hydrogen-bond acceptors (Lipinski definition) is 5. The van der Waals surface area contributed by atoms with Gasteiger partial charge < -0.3 is 9.15 Å². The molecule has 0 N–H and O–H groups in total. The lowest BCUT2D eigenvalue weighted by Crippen LogP contribution is -2.37. The first kappa shape index (κ1) is 17.8. The van der Waals surface area contributed by atoms with Crippen molar-refractivity contribution < 1.29 is 13.5 Å². The van der Waals surface area contributed by atoms with Gasteiger partial charge in [0.15, 0.2) is 11.2 Å². The maximum atomic E-state index is 13.2. The molecule has 0 fully saturated rings. The molecule has 28 heavy (non-hydrogen) atoms. The minimum Gasteiger partial charge on any atom is -0.466 e. The molecule has 0 aliphatic carbocycles. The summed E-state index contributed by atoms with van der Waals surface area (Å²) in [5.41, 5.74) is 0.217. The third-order valence-corrected chi connectivity index (χ3v) is 4.49. The molecule has 0 unspecified atom stereocenters. The molecule has 0 saturated carbocycles. The second-order valence-corrected chi connectivity index (χ2v) is 6.35. The molecular formula is C19H17FN4O4. The predicted molar refractivity (Wildman–Crippen MR) is 98.8 cm³/mol. The van der Waals surface area contributed by atoms with Gasteiger partial charge in [0.1, 0.15) is 18.2 Å². The van der Waals surface area contributed by atoms with E-state index in [2.05, 4.69) is 4.98 Å². The van der Waals surface area contributed by atoms with Crippen LogP contribution >= 0.6 is 0 Å². The zero-order valence-electron chi connectivity index (χ0n) is 15.3. The fourth-order valence-electron chi connectivity index (χ4n) is 2.99. The number of furan rings is 1. The predicted octanol–water partition coefficient (Wildman–Crippen LogP) is 1.79. The molecule has 3 aromatic heterocycles. The maximum absolute atomic E-state index is 13.2. The monoisotopic (exact) mass is 384 g/mol. The van der Waals surface area contributed by atoms with Crippen LogP contribution in [0.4, 0.5) is 4.39 Å². The smallest absolute Gasteiger partial charge is 0.332 e. The van der Waals surface area contributed by atoms with Crippen LogP contribution < -0.4 is 16.0 Å². The summed E-state index contributed by atoms with van der Waals surface area (Å²) in [6.07, 6.45) is 1.53. The fourth-order valence-corrected chi connectivity index (χ4v) is 2.99. The molecule has 4 aromatic rings. The largest absolute Gasteiger partial charge is 0.466 e. The van der Waals surface area contributed by atoms with Gasteiger partial charge in [-0.25, -0.2) is 9.18 Å². The van der Waals surface area contributed by atoms with E-state index in [-0.39, 0.29) is 36.1 Å². The van der Waals surface area contributed by atoms with Crippen LogP contribution in [0, 0.1) is 5.82 Å². The van der Waals surface area contributed by atoms with E-state index < -0.39 is 11.2 Å². The van der Waals surface area contributed by atoms with Gasteiger partial charge in [0.25, 0.3) is 11.6 Å². The van der Waals surface area contributed by atoms with Crippen molar-refractivity contribution in [3.63, 3.8) is 0 Å². The lowest BCUT2D eigenvalue weighted by molar-refractivity contribution is 0.242. The average molecular weight is 384 g/mol. The Bertz CT molecular complexity index is 1250. The van der Waals surface area contributed by atoms with Crippen molar-refractivity contribution in [1.82, 2.24) is 18.7 Å². The highest BCUT2D eigenvalue weighted by Crippen LogP contribution is 2.21. The van der Waals surface area contributed by atoms with Crippen LogP contribution in [0.15, 0.2) is 56.7 Å². The number of aryl methyl sites for hydroxylation is 1. The summed E-state index contributed by atoms with van der Waals surface area (Å²) in [7, 11) is 2.94. The Morgan fingerprint density at radius 3 is 2.54 bits per heavy atom. The molecule has 0 radical (unpaired) electrons. The standard InChI is InChI=1S/C19H17FN4O4/c1-22-16-15(17(25)23(2)19(22)26)24(10-12-5-7-13(20)8-6-12)18(21-16)28-11-14-4-3-9-27-14/h3-9H,10-11H2,1-2H3. The summed E-state index contributed by atoms with van der Waals surface area (Å²) in [6.45, 7) is 0.325. The van der Waals surface area contributed by atoms with E-state index in [1.165, 1.54) is 37.1 Å². The minimum atomic E-state index is -0.486. The lowest BCUT2D eigenvalue weighted by Gasteiger charge is -2.10. The number of imidazole rings is 1. The van der Waals surface area contributed by atoms with E-state index in [1.807, 2.05) is 0 Å². The Hall–Kier alpha value is -3.62. The van der Waals surface area contributed by atoms with Crippen LogP contribution in [0.25, 0.3) is 11.2 Å². The van der Waals surface area contributed by atoms with Crippen LogP contribution in [-0.2, 0) is 27.2 Å². The van der Waals surface area contributed by atoms with Gasteiger partial charge in [-0.05, 0) is 29.8 Å². The van der Waals surface area contributed by atoms with E-state index in [1.54, 1.807) is 28.8 Å². The van der Waals surface area contributed by atoms with Gasteiger partial charge in [-0.2, -0.15) is 4.98 Å². The average Bonchev–Trinajstić information content (AvgIpc) is 3.33. The maximum Gasteiger partial charge on any atom is 0.332 e. The van der Waals surface area contributed by atoms with E-state index in [9.17, 15) is 14.0 Å². The molecule has 3 heterocycles. The Morgan fingerprint density at radius 2 is 1.86 bits per heavy atom. The van der Waals surface area contributed by atoms with Crippen molar-refractivity contribution in [2.24, 2.45) is 14.1 Å². The van der Waals surface area contributed by atoms with Gasteiger partial charge in [-0.1, -0.05) is 12.1 Å². The molecule has 0 saturated heterocycles. The van der Waals surface area contributed by atoms with Crippen LogP contribution in [0.5, 0.6) is 6.01 Å². The molecule has 0 spiro atoms. The summed E-state index contributed by atoms with van der Waals surface area (Å²) < 4.78 is 28.2. The first-order valence-corrected chi connectivity index (χ1v) is 8.51. The second kappa shape index (κ2) is 6.84. The number of benzene rings is 1. The molecule has 8 nitrogen and oxygen atoms in total. The SMILES string of the molecule is Cn1c(=O)c2c(nc(OCc3ccco3)n2Cc2ccc(F)cc2)n(C)c1=O. The van der Waals surface area contributed by atoms with Crippen molar-refractivity contribution in [3.05, 3.63) is 80.6 Å². The molecular weight excluding hydrogens is 367 g/mol. The third kappa shape index (κ3) is 3.00. The number of ether oxygens (including phenoxy) is 1. The molecule has 9 heteroatoms. The third-order valence-electron chi connectivity index (χ3n) is 4.49. The summed E-state index contributed by atoms with van der Waals surface area (Å²) in [6, 6.07) is 9.56. The van der Waals surface area contributed by atoms with Crippen molar-refractivity contribution in [1.29, 1.82) is 0 Å². The Morgan fingerprint density at radius 1 is 1.11 bits per heavy atom. The highest BCUT2D eigenvalue weighted by Gasteiger charge is 2.20. The first-order chi connectivity index (χ1) is 13.5. The van der Waals surface area contributed by atoms with Gasteiger partial charge in [-0.15, -0.1) is 0 Å². The van der Waals surface area contributed by atoms with Gasteiger partial charge in [0, 0.05) is 14.1 Å². The molecule has 1 aromatic carbocycles. The highest BCUT2D eigenvalue weighted by atomic mass is 19.1. The van der Waals surface area contributed by atoms with Crippen LogP contribution in [-0.4, -0.2) is 18.7 Å². The van der Waals surface area contributed by atoms with Crippen LogP contribution in [0.3, 0.4) is 0 Å². The van der Waals surface area contributed by atoms with Crippen LogP contribution in [0.1, 0.15) is 11.3 Å². The first-order valence-electron chi connectivity index (χ1n) is 8.51. The second-order valence-electron chi connectivity index (χ2n) is 6.35. The molecule has 0 atom stereocenters. The Balaban J connectivity index is 1.87. The molecule has 0 aliphatic heterocycles. The number of hydrogen-bond donors (Lipinski definition) is 0. The van der Waals surface area contributed by atoms with E-state index in [0.29, 0.717) is 5.76 Å². The molecule has 0 amide bonds. The normalized spacial score (nSPS) is 11.2. The quantitative estimate of drug-likeness (QED) is 0.524. The van der Waals surface area contributed by atoms with Crippen molar-refractivity contribution in [3.8, 4) is 6.01 Å². The van der Waals surface area contributed by atoms with E-state index >= 15 is 0 Å². The number of nitrogens with zero attached hydrogens (tertiary/aromatic N) is 4. The molecule has 0 bridgehead atoms. The Kier molecular flexibility index (Phi) is 4.34. The number of rotatable bonds is 5. The van der Waals surface area contributed by atoms with Crippen molar-refractivity contribution >= 4 is 11.2 Å². The highest BCUT2D eigenvalue weighted by molar-refractivity contribution is 5.72. The minimum absolute atomic E-state index is 0.105. The number of fused-ring (bicyclic) bond motifs is 1. The van der Waals surface area contributed by atoms with Gasteiger partial charge in [0.2, 0.25) is 0 Å². The lowest BCUT2D eigenvalue weighted by atomic mass is 10.2. The zero-order chi connectivity index (χ0) is 19.8. The summed E-state index contributed by atoms with van der Waals surface area (Å²) >= 11 is 0. The van der Waals surface area contributed by atoms with Crippen LogP contribution in [0.2, 0.25) is 0 Å². The summed E-state index contributed by atoms with van der Waals surface area (Å²) in [5, 5.41) is 0. The molecule has 4 rings (SSSR count). The van der Waals surface area contributed by atoms with Gasteiger partial charge in [0.05, 0.1) is 12.8 Å².